The van der Waals surface area contributed by atoms with E-state index in [0.29, 0.717) is 0 Å². The second-order valence-electron chi connectivity index (χ2n) is 14.2. The Morgan fingerprint density at radius 2 is 0.529 bits per heavy atom. The number of hydrogen-bond donors (Lipinski definition) is 0. The van der Waals surface area contributed by atoms with Crippen molar-refractivity contribution in [2.75, 3.05) is 0 Å². The zero-order valence-electron chi connectivity index (χ0n) is 29.6. The third-order valence-corrected chi connectivity index (χ3v) is 12.3. The highest BCUT2D eigenvalue weighted by molar-refractivity contribution is 7.12. The maximum absolute atomic E-state index is 2.45. The number of fused-ring (bicyclic) bond motifs is 4. The molecule has 0 N–H and O–H groups in total. The van der Waals surface area contributed by atoms with E-state index in [1.165, 1.54) is 98.8 Å². The SMILES string of the molecule is Cc1cc(C(c2ccc(C(c3cc(C)c4cccccc3-4)c3cc(C)c4cccccc3-4)s2)c2cc(C)c3cccccc2-3)c2cccccc1-2. The van der Waals surface area contributed by atoms with E-state index in [2.05, 4.69) is 185 Å². The van der Waals surface area contributed by atoms with Gasteiger partial charge >= 0.3 is 0 Å². The van der Waals surface area contributed by atoms with Crippen LogP contribution in [0, 0.1) is 27.7 Å². The molecule has 0 radical (unpaired) electrons. The summed E-state index contributed by atoms with van der Waals surface area (Å²) in [6.45, 7) is 9.05. The van der Waals surface area contributed by atoms with Crippen LogP contribution < -0.4 is 0 Å². The second kappa shape index (κ2) is 12.7. The van der Waals surface area contributed by atoms with Crippen LogP contribution in [0.3, 0.4) is 0 Å². The van der Waals surface area contributed by atoms with Crippen LogP contribution in [-0.2, 0) is 0 Å². The van der Waals surface area contributed by atoms with E-state index < -0.39 is 0 Å². The number of aryl methyl sites for hydroxylation is 4. The van der Waals surface area contributed by atoms with Crippen molar-refractivity contribution in [3.05, 3.63) is 212 Å². The van der Waals surface area contributed by atoms with E-state index in [-0.39, 0.29) is 11.8 Å². The minimum Gasteiger partial charge on any atom is -0.143 e. The van der Waals surface area contributed by atoms with Crippen molar-refractivity contribution in [2.45, 2.75) is 39.5 Å². The van der Waals surface area contributed by atoms with Crippen molar-refractivity contribution >= 4 is 11.3 Å². The van der Waals surface area contributed by atoms with Gasteiger partial charge in [-0.3, -0.25) is 0 Å². The Kier molecular flexibility index (Phi) is 7.82. The molecule has 1 heterocycles. The molecule has 0 fully saturated rings. The maximum Gasteiger partial charge on any atom is 0.0446 e. The molecular weight excluding hydrogens is 633 g/mol. The average Bonchev–Trinajstić information content (AvgIpc) is 3.67. The van der Waals surface area contributed by atoms with Crippen LogP contribution >= 0.6 is 11.3 Å². The van der Waals surface area contributed by atoms with Crippen molar-refractivity contribution in [1.82, 2.24) is 0 Å². The largest absolute Gasteiger partial charge is 0.143 e. The molecule has 8 aliphatic carbocycles. The van der Waals surface area contributed by atoms with Gasteiger partial charge in [-0.1, -0.05) is 146 Å². The molecule has 9 rings (SSSR count). The molecule has 1 heteroatoms. The van der Waals surface area contributed by atoms with Gasteiger partial charge < -0.3 is 0 Å². The summed E-state index contributed by atoms with van der Waals surface area (Å²) >= 11 is 1.99. The molecular formula is C50H40S. The first-order chi connectivity index (χ1) is 25.0. The molecule has 0 saturated heterocycles. The smallest absolute Gasteiger partial charge is 0.0446 e. The molecule has 0 atom stereocenters. The summed E-state index contributed by atoms with van der Waals surface area (Å²) in [7, 11) is 0. The van der Waals surface area contributed by atoms with Crippen LogP contribution in [0.2, 0.25) is 0 Å². The van der Waals surface area contributed by atoms with Crippen LogP contribution in [0.1, 0.15) is 66.1 Å². The van der Waals surface area contributed by atoms with E-state index >= 15 is 0 Å². The molecule has 0 nitrogen and oxygen atoms in total. The predicted octanol–water partition coefficient (Wildman–Crippen LogP) is 13.8. The number of hydrogen-bond acceptors (Lipinski definition) is 1. The van der Waals surface area contributed by atoms with Crippen molar-refractivity contribution in [3.8, 4) is 44.5 Å². The van der Waals surface area contributed by atoms with Crippen LogP contribution in [0.25, 0.3) is 44.5 Å². The van der Waals surface area contributed by atoms with Crippen LogP contribution in [0.15, 0.2) is 158 Å². The lowest BCUT2D eigenvalue weighted by atomic mass is 9.86. The lowest BCUT2D eigenvalue weighted by Gasteiger charge is -2.20. The highest BCUT2D eigenvalue weighted by Crippen LogP contribution is 2.52. The molecule has 51 heavy (non-hydrogen) atoms. The lowest BCUT2D eigenvalue weighted by molar-refractivity contribution is 1.02. The third-order valence-electron chi connectivity index (χ3n) is 11.0. The van der Waals surface area contributed by atoms with Gasteiger partial charge in [0.1, 0.15) is 0 Å². The maximum atomic E-state index is 2.45. The third kappa shape index (κ3) is 5.27. The van der Waals surface area contributed by atoms with Crippen LogP contribution in [0.5, 0.6) is 0 Å². The summed E-state index contributed by atoms with van der Waals surface area (Å²) in [6, 6.07) is 59.1. The first-order valence-corrected chi connectivity index (χ1v) is 18.8. The minimum absolute atomic E-state index is 0.0912. The molecule has 0 spiro atoms. The second-order valence-corrected chi connectivity index (χ2v) is 15.3. The summed E-state index contributed by atoms with van der Waals surface area (Å²) < 4.78 is 0. The topological polar surface area (TPSA) is 0 Å². The fraction of sp³-hybridized carbons (Fsp3) is 0.120. The molecule has 0 saturated carbocycles. The Morgan fingerprint density at radius 3 is 0.784 bits per heavy atom. The molecule has 0 unspecified atom stereocenters. The Morgan fingerprint density at radius 1 is 0.294 bits per heavy atom. The van der Waals surface area contributed by atoms with Gasteiger partial charge in [-0.05, 0) is 129 Å². The van der Waals surface area contributed by atoms with Crippen LogP contribution in [-0.4, -0.2) is 0 Å². The van der Waals surface area contributed by atoms with Gasteiger partial charge in [-0.15, -0.1) is 11.3 Å². The zero-order valence-corrected chi connectivity index (χ0v) is 30.4. The van der Waals surface area contributed by atoms with Crippen molar-refractivity contribution in [3.63, 3.8) is 0 Å². The Labute approximate surface area is 306 Å². The molecule has 1 aromatic rings. The summed E-state index contributed by atoms with van der Waals surface area (Å²) in [4.78, 5) is 2.76. The van der Waals surface area contributed by atoms with Gasteiger partial charge in [-0.2, -0.15) is 0 Å². The summed E-state index contributed by atoms with van der Waals surface area (Å²) in [5.74, 6) is 0.182. The zero-order chi connectivity index (χ0) is 34.6. The van der Waals surface area contributed by atoms with Gasteiger partial charge in [0.15, 0.2) is 0 Å². The first kappa shape index (κ1) is 31.5. The lowest BCUT2D eigenvalue weighted by Crippen LogP contribution is -2.02. The molecule has 1 aromatic heterocycles. The van der Waals surface area contributed by atoms with E-state index in [1.807, 2.05) is 11.3 Å². The molecule has 246 valence electrons. The highest BCUT2D eigenvalue weighted by atomic mass is 32.1. The highest BCUT2D eigenvalue weighted by Gasteiger charge is 2.32. The quantitative estimate of drug-likeness (QED) is 0.165. The van der Waals surface area contributed by atoms with Gasteiger partial charge in [0, 0.05) is 21.6 Å². The molecule has 8 aliphatic rings. The fourth-order valence-corrected chi connectivity index (χ4v) is 10.00. The van der Waals surface area contributed by atoms with Crippen molar-refractivity contribution in [1.29, 1.82) is 0 Å². The van der Waals surface area contributed by atoms with Crippen molar-refractivity contribution in [2.24, 2.45) is 0 Å². The summed E-state index contributed by atoms with van der Waals surface area (Å²) in [5.41, 5.74) is 21.4. The van der Waals surface area contributed by atoms with E-state index in [4.69, 9.17) is 0 Å². The Hall–Kier alpha value is -5.50. The van der Waals surface area contributed by atoms with Gasteiger partial charge in [-0.25, -0.2) is 0 Å². The van der Waals surface area contributed by atoms with E-state index in [9.17, 15) is 0 Å². The summed E-state index contributed by atoms with van der Waals surface area (Å²) in [6.07, 6.45) is 0. The monoisotopic (exact) mass is 672 g/mol. The Bertz CT molecular complexity index is 2210. The molecule has 0 aliphatic heterocycles. The van der Waals surface area contributed by atoms with E-state index in [1.54, 1.807) is 0 Å². The normalized spacial score (nSPS) is 11.9. The van der Waals surface area contributed by atoms with Crippen LogP contribution in [0.4, 0.5) is 0 Å². The number of rotatable bonds is 6. The summed E-state index contributed by atoms with van der Waals surface area (Å²) in [5, 5.41) is 0. The number of thiophene rings is 1. The van der Waals surface area contributed by atoms with Gasteiger partial charge in [0.2, 0.25) is 0 Å². The minimum atomic E-state index is 0.0912. The van der Waals surface area contributed by atoms with Gasteiger partial charge in [0.25, 0.3) is 0 Å². The van der Waals surface area contributed by atoms with Crippen molar-refractivity contribution < 1.29 is 0 Å². The van der Waals surface area contributed by atoms with Gasteiger partial charge in [0.05, 0.1) is 0 Å². The average molecular weight is 673 g/mol. The van der Waals surface area contributed by atoms with E-state index in [0.717, 1.165) is 0 Å². The molecule has 0 bridgehead atoms. The molecule has 0 amide bonds. The standard InChI is InChI=1S/C50H40S/c1-31-27-43(39-21-13-5-9-17-35(31)39)49(44-28-32(2)36-18-10-6-14-22-40(36)44)47-25-26-48(51-47)50(45-29-33(3)37-19-11-7-15-23-41(37)45)46-30-34(4)38-20-12-8-16-24-42(38)46/h5-30,49-50H,1-4H3. The fourth-order valence-electron chi connectivity index (χ4n) is 8.71. The first-order valence-electron chi connectivity index (χ1n) is 18.0. The Balaban J connectivity index is 1.30. The predicted molar refractivity (Wildman–Crippen MR) is 217 cm³/mol. The molecule has 0 aromatic carbocycles.